The molecule has 0 spiro atoms. The Morgan fingerprint density at radius 3 is 2.78 bits per heavy atom. The van der Waals surface area contributed by atoms with Crippen LogP contribution in [0.3, 0.4) is 0 Å². The minimum Gasteiger partial charge on any atom is -0.363 e. The lowest BCUT2D eigenvalue weighted by atomic mass is 10.1. The molecule has 18 heavy (non-hydrogen) atoms. The number of aryl methyl sites for hydroxylation is 1. The summed E-state index contributed by atoms with van der Waals surface area (Å²) in [7, 11) is -3.59. The highest BCUT2D eigenvalue weighted by molar-refractivity contribution is 7.88. The second-order valence-corrected chi connectivity index (χ2v) is 6.04. The molecule has 1 heterocycles. The van der Waals surface area contributed by atoms with Crippen molar-refractivity contribution >= 4 is 10.0 Å². The van der Waals surface area contributed by atoms with Crippen LogP contribution in [0, 0.1) is 18.6 Å². The van der Waals surface area contributed by atoms with E-state index in [0.717, 1.165) is 10.4 Å². The van der Waals surface area contributed by atoms with Crippen molar-refractivity contribution in [3.05, 3.63) is 34.9 Å². The molecule has 0 unspecified atom stereocenters. The van der Waals surface area contributed by atoms with E-state index in [4.69, 9.17) is 4.74 Å². The molecule has 0 aromatic heterocycles. The van der Waals surface area contributed by atoms with Gasteiger partial charge in [-0.05, 0) is 18.6 Å². The first-order chi connectivity index (χ1) is 8.42. The Bertz CT molecular complexity index is 560. The molecule has 1 fully saturated rings. The van der Waals surface area contributed by atoms with E-state index in [0.29, 0.717) is 0 Å². The summed E-state index contributed by atoms with van der Waals surface area (Å²) in [6.45, 7) is 1.54. The van der Waals surface area contributed by atoms with Gasteiger partial charge in [-0.15, -0.1) is 0 Å². The monoisotopic (exact) mass is 277 g/mol. The summed E-state index contributed by atoms with van der Waals surface area (Å²) in [6, 6.07) is 2.46. The topological polar surface area (TPSA) is 46.6 Å². The maximum absolute atomic E-state index is 13.8. The molecule has 7 heteroatoms. The van der Waals surface area contributed by atoms with Gasteiger partial charge in [0.25, 0.3) is 0 Å². The Morgan fingerprint density at radius 2 is 2.11 bits per heavy atom. The molecule has 1 aliphatic heterocycles. The van der Waals surface area contributed by atoms with Crippen molar-refractivity contribution in [1.29, 1.82) is 0 Å². The quantitative estimate of drug-likeness (QED) is 0.820. The number of rotatable bonds is 2. The molecule has 0 radical (unpaired) electrons. The van der Waals surface area contributed by atoms with E-state index in [1.807, 2.05) is 0 Å². The van der Waals surface area contributed by atoms with Gasteiger partial charge in [-0.2, -0.15) is 4.31 Å². The lowest BCUT2D eigenvalue weighted by Gasteiger charge is -2.26. The first-order valence-corrected chi connectivity index (χ1v) is 7.02. The van der Waals surface area contributed by atoms with Crippen LogP contribution in [-0.2, 0) is 21.3 Å². The van der Waals surface area contributed by atoms with Crippen molar-refractivity contribution in [1.82, 2.24) is 4.31 Å². The van der Waals surface area contributed by atoms with Crippen LogP contribution in [0.25, 0.3) is 0 Å². The molecule has 0 bridgehead atoms. The van der Waals surface area contributed by atoms with E-state index in [2.05, 4.69) is 0 Å². The fraction of sp³-hybridized carbons (Fsp3) is 0.455. The minimum atomic E-state index is -3.59. The highest BCUT2D eigenvalue weighted by atomic mass is 32.2. The lowest BCUT2D eigenvalue weighted by molar-refractivity contribution is 0.129. The molecular formula is C11H13F2NO3S. The summed E-state index contributed by atoms with van der Waals surface area (Å²) >= 11 is 0. The molecule has 0 aliphatic carbocycles. The van der Waals surface area contributed by atoms with Gasteiger partial charge in [0.15, 0.2) is 5.94 Å². The van der Waals surface area contributed by atoms with Crippen LogP contribution in [-0.4, -0.2) is 31.8 Å². The van der Waals surface area contributed by atoms with Crippen molar-refractivity contribution in [2.24, 2.45) is 0 Å². The normalized spacial score (nSPS) is 19.9. The summed E-state index contributed by atoms with van der Waals surface area (Å²) in [5, 5.41) is 0. The zero-order valence-corrected chi connectivity index (χ0v) is 10.6. The largest absolute Gasteiger partial charge is 0.363 e. The van der Waals surface area contributed by atoms with E-state index in [-0.39, 0.29) is 30.8 Å². The van der Waals surface area contributed by atoms with Crippen LogP contribution in [0.2, 0.25) is 0 Å². The third-order valence-corrected chi connectivity index (χ3v) is 4.39. The summed E-state index contributed by atoms with van der Waals surface area (Å²) in [4.78, 5) is 0. The van der Waals surface area contributed by atoms with Crippen LogP contribution in [0.15, 0.2) is 12.1 Å². The average molecular weight is 277 g/mol. The maximum atomic E-state index is 13.8. The number of benzene rings is 1. The molecule has 1 aromatic rings. The number of halogens is 2. The van der Waals surface area contributed by atoms with Gasteiger partial charge in [-0.3, -0.25) is 0 Å². The summed E-state index contributed by atoms with van der Waals surface area (Å²) in [5.41, 5.74) is 0.0672. The SMILES string of the molecule is Cc1ccc(F)c(CN2CCOCS2(=O)=O)c1F. The predicted octanol–water partition coefficient (Wildman–Crippen LogP) is 1.39. The van der Waals surface area contributed by atoms with Crippen LogP contribution < -0.4 is 0 Å². The number of hydrogen-bond donors (Lipinski definition) is 0. The molecule has 100 valence electrons. The zero-order chi connectivity index (χ0) is 13.3. The highest BCUT2D eigenvalue weighted by Gasteiger charge is 2.28. The molecule has 0 amide bonds. The van der Waals surface area contributed by atoms with Gasteiger partial charge in [-0.25, -0.2) is 17.2 Å². The van der Waals surface area contributed by atoms with Crippen LogP contribution >= 0.6 is 0 Å². The van der Waals surface area contributed by atoms with Crippen LogP contribution in [0.4, 0.5) is 8.78 Å². The second kappa shape index (κ2) is 4.91. The van der Waals surface area contributed by atoms with E-state index in [1.165, 1.54) is 13.0 Å². The van der Waals surface area contributed by atoms with Crippen LogP contribution in [0.5, 0.6) is 0 Å². The minimum absolute atomic E-state index is 0.106. The predicted molar refractivity (Wildman–Crippen MR) is 61.2 cm³/mol. The first-order valence-electron chi connectivity index (χ1n) is 5.41. The molecule has 1 aromatic carbocycles. The average Bonchev–Trinajstić information content (AvgIpc) is 2.31. The Labute approximate surface area is 104 Å². The van der Waals surface area contributed by atoms with E-state index < -0.39 is 27.6 Å². The van der Waals surface area contributed by atoms with Gasteiger partial charge >= 0.3 is 0 Å². The molecule has 1 saturated heterocycles. The molecule has 2 rings (SSSR count). The van der Waals surface area contributed by atoms with Crippen molar-refractivity contribution in [2.45, 2.75) is 13.5 Å². The van der Waals surface area contributed by atoms with Gasteiger partial charge in [-0.1, -0.05) is 6.07 Å². The van der Waals surface area contributed by atoms with E-state index in [1.54, 1.807) is 0 Å². The van der Waals surface area contributed by atoms with E-state index >= 15 is 0 Å². The van der Waals surface area contributed by atoms with Gasteiger partial charge in [0.05, 0.1) is 6.61 Å². The Hall–Kier alpha value is -1.05. The number of hydrogen-bond acceptors (Lipinski definition) is 3. The number of sulfonamides is 1. The fourth-order valence-electron chi connectivity index (χ4n) is 1.76. The highest BCUT2D eigenvalue weighted by Crippen LogP contribution is 2.20. The Balaban J connectivity index is 2.32. The smallest absolute Gasteiger partial charge is 0.238 e. The van der Waals surface area contributed by atoms with Crippen molar-refractivity contribution < 1.29 is 21.9 Å². The fourth-order valence-corrected chi connectivity index (χ4v) is 2.91. The Morgan fingerprint density at radius 1 is 1.39 bits per heavy atom. The molecule has 4 nitrogen and oxygen atoms in total. The van der Waals surface area contributed by atoms with Crippen molar-refractivity contribution in [3.63, 3.8) is 0 Å². The molecular weight excluding hydrogens is 264 g/mol. The first kappa shape index (κ1) is 13.4. The number of ether oxygens (including phenoxy) is 1. The molecule has 1 aliphatic rings. The van der Waals surface area contributed by atoms with Crippen LogP contribution in [0.1, 0.15) is 11.1 Å². The standard InChI is InChI=1S/C11H13F2NO3S/c1-8-2-3-10(12)9(11(8)13)6-14-4-5-17-7-18(14,15)16/h2-3H,4-7H2,1H3. The molecule has 0 atom stereocenters. The second-order valence-electron chi connectivity index (χ2n) is 4.13. The number of nitrogens with zero attached hydrogens (tertiary/aromatic N) is 1. The van der Waals surface area contributed by atoms with Gasteiger partial charge < -0.3 is 4.74 Å². The third kappa shape index (κ3) is 2.52. The van der Waals surface area contributed by atoms with Gasteiger partial charge in [0.1, 0.15) is 11.6 Å². The zero-order valence-electron chi connectivity index (χ0n) is 9.82. The summed E-state index contributed by atoms with van der Waals surface area (Å²) in [5.74, 6) is -1.88. The molecule has 0 N–H and O–H groups in total. The van der Waals surface area contributed by atoms with Gasteiger partial charge in [0, 0.05) is 18.7 Å². The lowest BCUT2D eigenvalue weighted by Crippen LogP contribution is -2.41. The summed E-state index contributed by atoms with van der Waals surface area (Å²) in [6.07, 6.45) is 0. The maximum Gasteiger partial charge on any atom is 0.238 e. The van der Waals surface area contributed by atoms with Crippen molar-refractivity contribution in [3.8, 4) is 0 Å². The van der Waals surface area contributed by atoms with E-state index in [9.17, 15) is 17.2 Å². The molecule has 0 saturated carbocycles. The summed E-state index contributed by atoms with van der Waals surface area (Å²) < 4.78 is 56.5. The third-order valence-electron chi connectivity index (χ3n) is 2.82. The van der Waals surface area contributed by atoms with Gasteiger partial charge in [0.2, 0.25) is 10.0 Å². The van der Waals surface area contributed by atoms with Crippen molar-refractivity contribution in [2.75, 3.05) is 19.1 Å². The Kier molecular flexibility index (Phi) is 3.65.